The van der Waals surface area contributed by atoms with Gasteiger partial charge in [-0.1, -0.05) is 53.5 Å². The molecule has 3 aromatic carbocycles. The van der Waals surface area contributed by atoms with Crippen molar-refractivity contribution in [1.29, 1.82) is 0 Å². The molecular weight excluding hydrogens is 517 g/mol. The Bertz CT molecular complexity index is 1590. The molecule has 0 radical (unpaired) electrons. The molecule has 1 N–H and O–H groups in total. The molecule has 4 aromatic rings. The molecule has 1 aromatic heterocycles. The molecule has 9 heteroatoms. The number of amides is 1. The summed E-state index contributed by atoms with van der Waals surface area (Å²) in [5.74, 6) is -1.21. The van der Waals surface area contributed by atoms with Crippen LogP contribution in [0.3, 0.4) is 0 Å². The van der Waals surface area contributed by atoms with Crippen LogP contribution < -0.4 is 0 Å². The third kappa shape index (κ3) is 4.78. The molecule has 1 aliphatic rings. The lowest BCUT2D eigenvalue weighted by atomic mass is 10.1. The third-order valence-corrected chi connectivity index (χ3v) is 7.43. The number of benzene rings is 3. The molecule has 36 heavy (non-hydrogen) atoms. The van der Waals surface area contributed by atoms with E-state index >= 15 is 0 Å². The molecule has 6 nitrogen and oxygen atoms in total. The monoisotopic (exact) mass is 535 g/mol. The Morgan fingerprint density at radius 3 is 2.67 bits per heavy atom. The number of fused-ring (bicyclic) bond motifs is 1. The Morgan fingerprint density at radius 1 is 1.08 bits per heavy atom. The predicted octanol–water partition coefficient (Wildman–Crippen LogP) is 6.93. The van der Waals surface area contributed by atoms with Crippen molar-refractivity contribution < 1.29 is 14.7 Å². The number of rotatable bonds is 5. The van der Waals surface area contributed by atoms with Crippen molar-refractivity contribution in [2.24, 2.45) is 4.99 Å². The van der Waals surface area contributed by atoms with Gasteiger partial charge in [-0.2, -0.15) is 0 Å². The third-order valence-electron chi connectivity index (χ3n) is 5.78. The van der Waals surface area contributed by atoms with Crippen LogP contribution in [0.5, 0.6) is 0 Å². The Labute approximate surface area is 221 Å². The summed E-state index contributed by atoms with van der Waals surface area (Å²) in [6.07, 6.45) is 3.86. The van der Waals surface area contributed by atoms with E-state index in [1.807, 2.05) is 48.7 Å². The van der Waals surface area contributed by atoms with Gasteiger partial charge in [0.05, 0.1) is 16.2 Å². The van der Waals surface area contributed by atoms with Gasteiger partial charge in [-0.15, -0.1) is 0 Å². The second kappa shape index (κ2) is 9.85. The number of carbonyl (C=O) groups excluding carboxylic acids is 1. The van der Waals surface area contributed by atoms with E-state index in [2.05, 4.69) is 9.56 Å². The summed E-state index contributed by atoms with van der Waals surface area (Å²) in [6.45, 7) is 0.549. The molecule has 1 saturated heterocycles. The molecule has 0 saturated carbocycles. The number of carboxylic acid groups (broad SMARTS) is 1. The average molecular weight is 536 g/mol. The number of carbonyl (C=O) groups is 2. The van der Waals surface area contributed by atoms with Crippen LogP contribution in [0.1, 0.15) is 21.5 Å². The van der Waals surface area contributed by atoms with Crippen LogP contribution in [0.15, 0.2) is 82.8 Å². The molecule has 1 fully saturated rings. The van der Waals surface area contributed by atoms with E-state index in [-0.39, 0.29) is 11.5 Å². The zero-order valence-corrected chi connectivity index (χ0v) is 21.3. The summed E-state index contributed by atoms with van der Waals surface area (Å²) in [4.78, 5) is 30.8. The van der Waals surface area contributed by atoms with E-state index in [1.165, 1.54) is 28.8 Å². The van der Waals surface area contributed by atoms with Gasteiger partial charge in [-0.25, -0.2) is 9.79 Å². The first-order chi connectivity index (χ1) is 17.3. The normalized spacial score (nSPS) is 16.0. The summed E-state index contributed by atoms with van der Waals surface area (Å²) in [6, 6.07) is 19.7. The quantitative estimate of drug-likeness (QED) is 0.281. The molecule has 0 unspecified atom stereocenters. The fraction of sp³-hybridized carbons (Fsp3) is 0.0741. The van der Waals surface area contributed by atoms with Crippen molar-refractivity contribution in [2.75, 3.05) is 7.05 Å². The van der Waals surface area contributed by atoms with Gasteiger partial charge in [-0.3, -0.25) is 9.69 Å². The van der Waals surface area contributed by atoms with Gasteiger partial charge in [0.2, 0.25) is 0 Å². The topological polar surface area (TPSA) is 74.9 Å². The minimum Gasteiger partial charge on any atom is -0.478 e. The van der Waals surface area contributed by atoms with E-state index in [9.17, 15) is 14.7 Å². The number of hydrogen-bond donors (Lipinski definition) is 1. The van der Waals surface area contributed by atoms with Crippen LogP contribution in [-0.4, -0.2) is 38.7 Å². The number of thioether (sulfide) groups is 1. The number of aromatic nitrogens is 1. The number of para-hydroxylation sites is 1. The predicted molar refractivity (Wildman–Crippen MR) is 146 cm³/mol. The molecule has 5 rings (SSSR count). The first-order valence-electron chi connectivity index (χ1n) is 10.9. The summed E-state index contributed by atoms with van der Waals surface area (Å²) in [7, 11) is 1.65. The summed E-state index contributed by atoms with van der Waals surface area (Å²) >= 11 is 13.7. The molecule has 0 aliphatic carbocycles. The van der Waals surface area contributed by atoms with Gasteiger partial charge in [0.1, 0.15) is 0 Å². The van der Waals surface area contributed by atoms with Crippen LogP contribution in [-0.2, 0) is 11.3 Å². The number of hydrogen-bond acceptors (Lipinski definition) is 4. The largest absolute Gasteiger partial charge is 0.478 e. The summed E-state index contributed by atoms with van der Waals surface area (Å²) in [5, 5.41) is 11.9. The minimum atomic E-state index is -1.03. The Kier molecular flexibility index (Phi) is 6.62. The van der Waals surface area contributed by atoms with E-state index < -0.39 is 5.97 Å². The molecule has 2 heterocycles. The maximum Gasteiger partial charge on any atom is 0.335 e. The van der Waals surface area contributed by atoms with E-state index in [0.717, 1.165) is 22.0 Å². The van der Waals surface area contributed by atoms with Crippen molar-refractivity contribution in [1.82, 2.24) is 9.47 Å². The fourth-order valence-electron chi connectivity index (χ4n) is 3.97. The maximum absolute atomic E-state index is 13.0. The molecule has 1 aliphatic heterocycles. The SMILES string of the molecule is CN1C(=O)C(=Cc2cn(Cc3ccc(Cl)cc3Cl)c3ccccc23)SC1=Nc1cccc(C(=O)O)c1. The molecule has 180 valence electrons. The van der Waals surface area contributed by atoms with E-state index in [4.69, 9.17) is 23.2 Å². The second-order valence-electron chi connectivity index (χ2n) is 8.19. The van der Waals surface area contributed by atoms with Crippen LogP contribution in [0.4, 0.5) is 5.69 Å². The smallest absolute Gasteiger partial charge is 0.335 e. The van der Waals surface area contributed by atoms with Gasteiger partial charge in [-0.05, 0) is 59.8 Å². The van der Waals surface area contributed by atoms with E-state index in [0.29, 0.717) is 32.4 Å². The lowest BCUT2D eigenvalue weighted by Gasteiger charge is -2.08. The Balaban J connectivity index is 1.49. The van der Waals surface area contributed by atoms with Gasteiger partial charge >= 0.3 is 5.97 Å². The highest BCUT2D eigenvalue weighted by Gasteiger charge is 2.30. The van der Waals surface area contributed by atoms with Gasteiger partial charge in [0.25, 0.3) is 5.91 Å². The van der Waals surface area contributed by atoms with Crippen molar-refractivity contribution in [3.63, 3.8) is 0 Å². The standard InChI is InChI=1S/C27H19Cl2N3O3S/c1-31-25(33)24(36-27(31)30-20-6-4-5-16(11-20)26(34)35)12-18-15-32(23-8-3-2-7-21(18)23)14-17-9-10-19(28)13-22(17)29/h2-13,15H,14H2,1H3,(H,34,35). The summed E-state index contributed by atoms with van der Waals surface area (Å²) in [5.41, 5.74) is 3.45. The van der Waals surface area contributed by atoms with Crippen molar-refractivity contribution in [3.05, 3.63) is 105 Å². The number of likely N-dealkylation sites (N-methyl/N-ethyl adjacent to an activating group) is 1. The second-order valence-corrected chi connectivity index (χ2v) is 10.0. The highest BCUT2D eigenvalue weighted by Crippen LogP contribution is 2.35. The minimum absolute atomic E-state index is 0.137. The summed E-state index contributed by atoms with van der Waals surface area (Å²) < 4.78 is 2.09. The molecule has 0 bridgehead atoms. The van der Waals surface area contributed by atoms with Crippen LogP contribution in [0.25, 0.3) is 17.0 Å². The lowest BCUT2D eigenvalue weighted by molar-refractivity contribution is -0.121. The molecule has 0 spiro atoms. The van der Waals surface area contributed by atoms with Crippen LogP contribution >= 0.6 is 35.0 Å². The highest BCUT2D eigenvalue weighted by atomic mass is 35.5. The van der Waals surface area contributed by atoms with Crippen LogP contribution in [0, 0.1) is 0 Å². The number of halogens is 2. The lowest BCUT2D eigenvalue weighted by Crippen LogP contribution is -2.23. The number of nitrogens with zero attached hydrogens (tertiary/aromatic N) is 3. The first-order valence-corrected chi connectivity index (χ1v) is 12.5. The van der Waals surface area contributed by atoms with Gasteiger partial charge in [0, 0.05) is 46.3 Å². The number of aliphatic imine (C=N–C) groups is 1. The zero-order valence-electron chi connectivity index (χ0n) is 19.0. The van der Waals surface area contributed by atoms with Crippen LogP contribution in [0.2, 0.25) is 10.0 Å². The molecular formula is C27H19Cl2N3O3S. The Hall–Kier alpha value is -3.52. The fourth-order valence-corrected chi connectivity index (χ4v) is 5.41. The average Bonchev–Trinajstić information content (AvgIpc) is 3.33. The van der Waals surface area contributed by atoms with E-state index in [1.54, 1.807) is 25.2 Å². The van der Waals surface area contributed by atoms with Crippen molar-refractivity contribution in [3.8, 4) is 0 Å². The molecule has 0 atom stereocenters. The van der Waals surface area contributed by atoms with Gasteiger partial charge < -0.3 is 9.67 Å². The van der Waals surface area contributed by atoms with Crippen molar-refractivity contribution in [2.45, 2.75) is 6.54 Å². The highest BCUT2D eigenvalue weighted by molar-refractivity contribution is 8.18. The van der Waals surface area contributed by atoms with Gasteiger partial charge in [0.15, 0.2) is 5.17 Å². The maximum atomic E-state index is 13.0. The number of carboxylic acids is 1. The zero-order chi connectivity index (χ0) is 25.4. The first kappa shape index (κ1) is 24.2. The van der Waals surface area contributed by atoms with Crippen molar-refractivity contribution >= 4 is 74.7 Å². The molecule has 1 amide bonds. The number of aromatic carboxylic acids is 1. The Morgan fingerprint density at radius 2 is 1.89 bits per heavy atom. The number of amidine groups is 1.